The number of benzene rings is 3. The summed E-state index contributed by atoms with van der Waals surface area (Å²) in [6.45, 7) is 1.14. The topological polar surface area (TPSA) is 58.6 Å². The third kappa shape index (κ3) is 4.66. The van der Waals surface area contributed by atoms with Gasteiger partial charge in [-0.1, -0.05) is 66.7 Å². The van der Waals surface area contributed by atoms with E-state index in [0.29, 0.717) is 19.6 Å². The van der Waals surface area contributed by atoms with Gasteiger partial charge in [-0.2, -0.15) is 0 Å². The van der Waals surface area contributed by atoms with Gasteiger partial charge >= 0.3 is 0 Å². The van der Waals surface area contributed by atoms with Crippen molar-refractivity contribution in [3.8, 4) is 5.75 Å². The Morgan fingerprint density at radius 1 is 0.966 bits per heavy atom. The van der Waals surface area contributed by atoms with Crippen molar-refractivity contribution in [2.75, 3.05) is 13.2 Å². The lowest BCUT2D eigenvalue weighted by molar-refractivity contribution is -0.122. The van der Waals surface area contributed by atoms with Crippen molar-refractivity contribution in [1.82, 2.24) is 5.32 Å². The quantitative estimate of drug-likeness (QED) is 0.661. The lowest BCUT2D eigenvalue weighted by atomic mass is 9.88. The smallest absolute Gasteiger partial charge is 0.221 e. The highest BCUT2D eigenvalue weighted by atomic mass is 16.5. The number of carbonyl (C=O) groups excluding carboxylic acids is 1. The molecule has 0 aliphatic carbocycles. The Kier molecular flexibility index (Phi) is 5.92. The van der Waals surface area contributed by atoms with Crippen LogP contribution in [0.3, 0.4) is 0 Å². The van der Waals surface area contributed by atoms with Crippen molar-refractivity contribution in [2.45, 2.75) is 24.9 Å². The average molecular weight is 387 g/mol. The average Bonchev–Trinajstić information content (AvgIpc) is 2.77. The number of fused-ring (bicyclic) bond motifs is 1. The summed E-state index contributed by atoms with van der Waals surface area (Å²) in [6, 6.07) is 25.3. The zero-order valence-electron chi connectivity index (χ0n) is 16.3. The third-order valence-electron chi connectivity index (χ3n) is 5.46. The predicted molar refractivity (Wildman–Crippen MR) is 113 cm³/mol. The number of ether oxygens (including phenoxy) is 1. The van der Waals surface area contributed by atoms with Crippen molar-refractivity contribution in [3.63, 3.8) is 0 Å². The summed E-state index contributed by atoms with van der Waals surface area (Å²) in [4.78, 5) is 12.8. The second kappa shape index (κ2) is 8.93. The van der Waals surface area contributed by atoms with Crippen molar-refractivity contribution >= 4 is 5.91 Å². The SMILES string of the molecule is O=C(CC(c1ccccc1)c1ccc(O)cc1)NCC1OCCc2ccccc21. The van der Waals surface area contributed by atoms with E-state index in [2.05, 4.69) is 17.4 Å². The molecule has 0 fully saturated rings. The summed E-state index contributed by atoms with van der Waals surface area (Å²) in [5.41, 5.74) is 4.54. The molecule has 2 atom stereocenters. The van der Waals surface area contributed by atoms with Crippen molar-refractivity contribution in [3.05, 3.63) is 101 Å². The van der Waals surface area contributed by atoms with Gasteiger partial charge in [0.15, 0.2) is 0 Å². The van der Waals surface area contributed by atoms with Gasteiger partial charge in [0.05, 0.1) is 6.61 Å². The molecule has 0 bridgehead atoms. The van der Waals surface area contributed by atoms with Gasteiger partial charge in [-0.05, 0) is 40.8 Å². The molecule has 0 spiro atoms. The summed E-state index contributed by atoms with van der Waals surface area (Å²) >= 11 is 0. The van der Waals surface area contributed by atoms with Crippen LogP contribution in [0.15, 0.2) is 78.9 Å². The Labute approximate surface area is 171 Å². The molecule has 3 aromatic carbocycles. The summed E-state index contributed by atoms with van der Waals surface area (Å²) in [7, 11) is 0. The van der Waals surface area contributed by atoms with E-state index in [1.165, 1.54) is 5.56 Å². The molecular weight excluding hydrogens is 362 g/mol. The highest BCUT2D eigenvalue weighted by Gasteiger charge is 2.23. The minimum atomic E-state index is -0.104. The fourth-order valence-electron chi connectivity index (χ4n) is 3.93. The number of phenolic OH excluding ortho intramolecular Hbond substituents is 1. The first kappa shape index (κ1) is 19.2. The van der Waals surface area contributed by atoms with Gasteiger partial charge in [0, 0.05) is 18.9 Å². The fraction of sp³-hybridized carbons (Fsp3) is 0.240. The maximum Gasteiger partial charge on any atom is 0.221 e. The zero-order chi connectivity index (χ0) is 20.1. The lowest BCUT2D eigenvalue weighted by Gasteiger charge is -2.26. The molecule has 2 unspecified atom stereocenters. The van der Waals surface area contributed by atoms with Crippen LogP contribution in [0.4, 0.5) is 0 Å². The molecule has 4 rings (SSSR count). The monoisotopic (exact) mass is 387 g/mol. The fourth-order valence-corrected chi connectivity index (χ4v) is 3.93. The van der Waals surface area contributed by atoms with Crippen LogP contribution < -0.4 is 5.32 Å². The molecule has 148 valence electrons. The lowest BCUT2D eigenvalue weighted by Crippen LogP contribution is -2.32. The van der Waals surface area contributed by atoms with Crippen molar-refractivity contribution < 1.29 is 14.6 Å². The molecule has 4 heteroatoms. The van der Waals surface area contributed by atoms with Gasteiger partial charge in [-0.15, -0.1) is 0 Å². The van der Waals surface area contributed by atoms with Gasteiger partial charge in [0.25, 0.3) is 0 Å². The van der Waals surface area contributed by atoms with Crippen LogP contribution in [0, 0.1) is 0 Å². The second-order valence-corrected chi connectivity index (χ2v) is 7.37. The maximum atomic E-state index is 12.8. The Hall–Kier alpha value is -3.11. The van der Waals surface area contributed by atoms with Crippen LogP contribution in [-0.4, -0.2) is 24.2 Å². The van der Waals surface area contributed by atoms with Gasteiger partial charge in [0.2, 0.25) is 5.91 Å². The number of nitrogens with one attached hydrogen (secondary N) is 1. The minimum absolute atomic E-state index is 0.0152. The molecule has 0 aromatic heterocycles. The normalized spacial score (nSPS) is 16.6. The van der Waals surface area contributed by atoms with Crippen LogP contribution in [0.2, 0.25) is 0 Å². The van der Waals surface area contributed by atoms with Crippen LogP contribution in [-0.2, 0) is 16.0 Å². The summed E-state index contributed by atoms with van der Waals surface area (Å²) in [5, 5.41) is 12.7. The van der Waals surface area contributed by atoms with Gasteiger partial charge in [-0.25, -0.2) is 0 Å². The molecule has 4 nitrogen and oxygen atoms in total. The van der Waals surface area contributed by atoms with Crippen LogP contribution >= 0.6 is 0 Å². The van der Waals surface area contributed by atoms with E-state index in [1.54, 1.807) is 12.1 Å². The van der Waals surface area contributed by atoms with E-state index in [1.807, 2.05) is 54.6 Å². The van der Waals surface area contributed by atoms with E-state index in [-0.39, 0.29) is 23.7 Å². The number of aromatic hydroxyl groups is 1. The van der Waals surface area contributed by atoms with Crippen molar-refractivity contribution in [2.24, 2.45) is 0 Å². The molecule has 0 saturated carbocycles. The molecule has 1 aliphatic rings. The largest absolute Gasteiger partial charge is 0.508 e. The summed E-state index contributed by atoms with van der Waals surface area (Å²) < 4.78 is 5.90. The Morgan fingerprint density at radius 3 is 2.45 bits per heavy atom. The molecule has 1 heterocycles. The minimum Gasteiger partial charge on any atom is -0.508 e. The van der Waals surface area contributed by atoms with E-state index in [4.69, 9.17) is 4.74 Å². The first-order valence-corrected chi connectivity index (χ1v) is 10.0. The molecule has 3 aromatic rings. The van der Waals surface area contributed by atoms with Crippen LogP contribution in [0.25, 0.3) is 0 Å². The first-order valence-electron chi connectivity index (χ1n) is 10.0. The van der Waals surface area contributed by atoms with Gasteiger partial charge < -0.3 is 15.2 Å². The summed E-state index contributed by atoms with van der Waals surface area (Å²) in [5.74, 6) is 0.132. The molecular formula is C25H25NO3. The zero-order valence-corrected chi connectivity index (χ0v) is 16.3. The summed E-state index contributed by atoms with van der Waals surface area (Å²) in [6.07, 6.45) is 1.15. The maximum absolute atomic E-state index is 12.8. The first-order chi connectivity index (χ1) is 14.2. The van der Waals surface area contributed by atoms with E-state index < -0.39 is 0 Å². The predicted octanol–water partition coefficient (Wildman–Crippen LogP) is 4.34. The number of rotatable bonds is 6. The van der Waals surface area contributed by atoms with Crippen LogP contribution in [0.5, 0.6) is 5.75 Å². The van der Waals surface area contributed by atoms with Gasteiger partial charge in [0.1, 0.15) is 11.9 Å². The number of phenols is 1. The number of amides is 1. The van der Waals surface area contributed by atoms with E-state index in [0.717, 1.165) is 23.1 Å². The Morgan fingerprint density at radius 2 is 1.66 bits per heavy atom. The standard InChI is InChI=1S/C25H25NO3/c27-21-12-10-20(11-13-21)23(18-6-2-1-3-7-18)16-25(28)26-17-24-22-9-5-4-8-19(22)14-15-29-24/h1-13,23-24,27H,14-17H2,(H,26,28). The Bertz CT molecular complexity index is 953. The molecule has 29 heavy (non-hydrogen) atoms. The number of carbonyl (C=O) groups is 1. The third-order valence-corrected chi connectivity index (χ3v) is 5.46. The number of hydrogen-bond acceptors (Lipinski definition) is 3. The molecule has 1 amide bonds. The Balaban J connectivity index is 1.46. The van der Waals surface area contributed by atoms with Crippen molar-refractivity contribution in [1.29, 1.82) is 0 Å². The van der Waals surface area contributed by atoms with E-state index >= 15 is 0 Å². The molecule has 0 saturated heterocycles. The number of hydrogen-bond donors (Lipinski definition) is 2. The van der Waals surface area contributed by atoms with Gasteiger partial charge in [-0.3, -0.25) is 4.79 Å². The highest BCUT2D eigenvalue weighted by Crippen LogP contribution is 2.30. The molecule has 2 N–H and O–H groups in total. The molecule has 1 aliphatic heterocycles. The van der Waals surface area contributed by atoms with E-state index in [9.17, 15) is 9.90 Å². The highest BCUT2D eigenvalue weighted by molar-refractivity contribution is 5.77. The van der Waals surface area contributed by atoms with Crippen LogP contribution in [0.1, 0.15) is 40.7 Å². The molecule has 0 radical (unpaired) electrons. The second-order valence-electron chi connectivity index (χ2n) is 7.37.